The lowest BCUT2D eigenvalue weighted by Gasteiger charge is -2.14. The van der Waals surface area contributed by atoms with Crippen LogP contribution in [0.4, 0.5) is 13.2 Å². The highest BCUT2D eigenvalue weighted by atomic mass is 19.4. The van der Waals surface area contributed by atoms with E-state index < -0.39 is 12.2 Å². The van der Waals surface area contributed by atoms with Gasteiger partial charge in [-0.3, -0.25) is 0 Å². The molecular weight excluding hydrogens is 251 g/mol. The number of alkyl halides is 3. The third kappa shape index (κ3) is 3.49. The molecule has 0 aliphatic rings. The van der Waals surface area contributed by atoms with Crippen LogP contribution in [-0.4, -0.2) is 18.5 Å². The first-order chi connectivity index (χ1) is 8.41. The Bertz CT molecular complexity index is 469. The molecule has 1 aromatic rings. The molecule has 0 spiro atoms. The molecule has 98 valence electrons. The van der Waals surface area contributed by atoms with E-state index in [1.54, 1.807) is 0 Å². The van der Waals surface area contributed by atoms with Crippen molar-refractivity contribution in [2.75, 3.05) is 7.11 Å². The zero-order chi connectivity index (χ0) is 13.8. The second-order valence-electron chi connectivity index (χ2n) is 3.21. The van der Waals surface area contributed by atoms with E-state index in [4.69, 9.17) is 15.7 Å². The fourth-order valence-electron chi connectivity index (χ4n) is 1.30. The normalized spacial score (nSPS) is 10.9. The average Bonchev–Trinajstić information content (AvgIpc) is 2.28. The highest BCUT2D eigenvalue weighted by Gasteiger charge is 2.33. The van der Waals surface area contributed by atoms with Gasteiger partial charge < -0.3 is 15.2 Å². The van der Waals surface area contributed by atoms with E-state index in [-0.39, 0.29) is 24.4 Å². The lowest BCUT2D eigenvalue weighted by atomic mass is 10.1. The summed E-state index contributed by atoms with van der Waals surface area (Å²) in [6, 6.07) is 3.17. The molecule has 0 radical (unpaired) electrons. The van der Waals surface area contributed by atoms with Gasteiger partial charge in [-0.1, -0.05) is 0 Å². The van der Waals surface area contributed by atoms with Crippen LogP contribution in [0.25, 0.3) is 0 Å². The summed E-state index contributed by atoms with van der Waals surface area (Å²) in [5.41, 5.74) is 5.73. The molecule has 0 aliphatic heterocycles. The van der Waals surface area contributed by atoms with Gasteiger partial charge in [-0.05, 0) is 6.07 Å². The lowest BCUT2D eigenvalue weighted by molar-refractivity contribution is -0.276. The van der Waals surface area contributed by atoms with Gasteiger partial charge >= 0.3 is 6.36 Å². The van der Waals surface area contributed by atoms with Crippen LogP contribution < -0.4 is 15.2 Å². The SMILES string of the molecule is COc1nc(OC(F)(F)F)c(CN)cc1CC#N. The Morgan fingerprint density at radius 1 is 1.39 bits per heavy atom. The molecule has 1 heterocycles. The minimum atomic E-state index is -4.86. The summed E-state index contributed by atoms with van der Waals surface area (Å²) < 4.78 is 45.0. The van der Waals surface area contributed by atoms with Gasteiger partial charge in [0, 0.05) is 17.7 Å². The molecule has 0 unspecified atom stereocenters. The fourth-order valence-corrected chi connectivity index (χ4v) is 1.30. The molecule has 0 bridgehead atoms. The Kier molecular flexibility index (Phi) is 4.33. The molecule has 5 nitrogen and oxygen atoms in total. The van der Waals surface area contributed by atoms with Crippen molar-refractivity contribution in [2.45, 2.75) is 19.3 Å². The van der Waals surface area contributed by atoms with Gasteiger partial charge in [-0.15, -0.1) is 13.2 Å². The van der Waals surface area contributed by atoms with E-state index in [1.165, 1.54) is 13.2 Å². The van der Waals surface area contributed by atoms with E-state index in [2.05, 4.69) is 9.72 Å². The van der Waals surface area contributed by atoms with Crippen molar-refractivity contribution >= 4 is 0 Å². The van der Waals surface area contributed by atoms with Gasteiger partial charge in [0.2, 0.25) is 11.8 Å². The number of ether oxygens (including phenoxy) is 2. The Hall–Kier alpha value is -2.01. The van der Waals surface area contributed by atoms with Gasteiger partial charge in [-0.25, -0.2) is 0 Å². The van der Waals surface area contributed by atoms with Crippen molar-refractivity contribution in [2.24, 2.45) is 5.73 Å². The number of pyridine rings is 1. The molecule has 0 atom stereocenters. The first kappa shape index (κ1) is 14.1. The number of hydrogen-bond acceptors (Lipinski definition) is 5. The van der Waals surface area contributed by atoms with Crippen LogP contribution in [0.5, 0.6) is 11.8 Å². The number of hydrogen-bond donors (Lipinski definition) is 1. The highest BCUT2D eigenvalue weighted by Crippen LogP contribution is 2.29. The van der Waals surface area contributed by atoms with Gasteiger partial charge in [0.1, 0.15) is 0 Å². The first-order valence-electron chi connectivity index (χ1n) is 4.80. The summed E-state index contributed by atoms with van der Waals surface area (Å²) >= 11 is 0. The Morgan fingerprint density at radius 2 is 2.06 bits per heavy atom. The van der Waals surface area contributed by atoms with E-state index in [0.717, 1.165) is 0 Å². The monoisotopic (exact) mass is 261 g/mol. The third-order valence-electron chi connectivity index (χ3n) is 2.00. The maximum Gasteiger partial charge on any atom is 0.574 e. The lowest BCUT2D eigenvalue weighted by Crippen LogP contribution is -2.20. The summed E-state index contributed by atoms with van der Waals surface area (Å²) in [5, 5.41) is 8.58. The maximum absolute atomic E-state index is 12.1. The van der Waals surface area contributed by atoms with Gasteiger partial charge in [0.15, 0.2) is 0 Å². The van der Waals surface area contributed by atoms with Crippen molar-refractivity contribution < 1.29 is 22.6 Å². The molecule has 0 saturated carbocycles. The fraction of sp³-hybridized carbons (Fsp3) is 0.400. The molecule has 0 saturated heterocycles. The van der Waals surface area contributed by atoms with Crippen LogP contribution in [0, 0.1) is 11.3 Å². The van der Waals surface area contributed by atoms with Crippen LogP contribution in [0.15, 0.2) is 6.07 Å². The van der Waals surface area contributed by atoms with Crippen molar-refractivity contribution in [1.29, 1.82) is 5.26 Å². The molecule has 18 heavy (non-hydrogen) atoms. The second-order valence-corrected chi connectivity index (χ2v) is 3.21. The number of methoxy groups -OCH3 is 1. The smallest absolute Gasteiger partial charge is 0.481 e. The quantitative estimate of drug-likeness (QED) is 0.888. The van der Waals surface area contributed by atoms with E-state index in [1.807, 2.05) is 6.07 Å². The molecule has 0 aliphatic carbocycles. The minimum absolute atomic E-state index is 0.0462. The van der Waals surface area contributed by atoms with Gasteiger partial charge in [-0.2, -0.15) is 10.2 Å². The average molecular weight is 261 g/mol. The highest BCUT2D eigenvalue weighted by molar-refractivity contribution is 5.39. The predicted molar refractivity (Wildman–Crippen MR) is 54.7 cm³/mol. The van der Waals surface area contributed by atoms with Gasteiger partial charge in [0.25, 0.3) is 0 Å². The van der Waals surface area contributed by atoms with E-state index >= 15 is 0 Å². The zero-order valence-corrected chi connectivity index (χ0v) is 9.41. The predicted octanol–water partition coefficient (Wildman–Crippen LogP) is 1.51. The number of rotatable bonds is 4. The molecule has 1 aromatic heterocycles. The Labute approximate surface area is 101 Å². The Morgan fingerprint density at radius 3 is 2.50 bits per heavy atom. The molecule has 2 N–H and O–H groups in total. The van der Waals surface area contributed by atoms with Crippen molar-refractivity contribution in [1.82, 2.24) is 4.98 Å². The van der Waals surface area contributed by atoms with E-state index in [9.17, 15) is 13.2 Å². The maximum atomic E-state index is 12.1. The molecule has 0 aromatic carbocycles. The van der Waals surface area contributed by atoms with Crippen molar-refractivity contribution in [3.05, 3.63) is 17.2 Å². The first-order valence-corrected chi connectivity index (χ1v) is 4.80. The van der Waals surface area contributed by atoms with Crippen LogP contribution >= 0.6 is 0 Å². The summed E-state index contributed by atoms with van der Waals surface area (Å²) in [6.07, 6.45) is -4.91. The summed E-state index contributed by atoms with van der Waals surface area (Å²) in [7, 11) is 1.24. The molecule has 8 heteroatoms. The third-order valence-corrected chi connectivity index (χ3v) is 2.00. The Balaban J connectivity index is 3.22. The zero-order valence-electron chi connectivity index (χ0n) is 9.41. The number of halogens is 3. The second kappa shape index (κ2) is 5.55. The number of nitriles is 1. The standard InChI is InChI=1S/C10H10F3N3O2/c1-17-8-6(2-3-14)4-7(5-15)9(16-8)18-10(11,12)13/h4H,2,5,15H2,1H3. The largest absolute Gasteiger partial charge is 0.574 e. The number of nitrogens with zero attached hydrogens (tertiary/aromatic N) is 2. The van der Waals surface area contributed by atoms with Crippen LogP contribution in [0.1, 0.15) is 11.1 Å². The van der Waals surface area contributed by atoms with Crippen molar-refractivity contribution in [3.63, 3.8) is 0 Å². The minimum Gasteiger partial charge on any atom is -0.481 e. The topological polar surface area (TPSA) is 81.2 Å². The number of nitrogens with two attached hydrogens (primary N) is 1. The summed E-state index contributed by atoms with van der Waals surface area (Å²) in [5.74, 6) is -0.753. The molecular formula is C10H10F3N3O2. The van der Waals surface area contributed by atoms with Crippen LogP contribution in [0.2, 0.25) is 0 Å². The molecule has 0 fully saturated rings. The van der Waals surface area contributed by atoms with Crippen LogP contribution in [0.3, 0.4) is 0 Å². The molecule has 0 amide bonds. The van der Waals surface area contributed by atoms with E-state index in [0.29, 0.717) is 5.56 Å². The van der Waals surface area contributed by atoms with Crippen molar-refractivity contribution in [3.8, 4) is 17.8 Å². The van der Waals surface area contributed by atoms with Gasteiger partial charge in [0.05, 0.1) is 19.6 Å². The number of aromatic nitrogens is 1. The van der Waals surface area contributed by atoms with Crippen LogP contribution in [-0.2, 0) is 13.0 Å². The summed E-state index contributed by atoms with van der Waals surface area (Å²) in [4.78, 5) is 3.57. The molecule has 1 rings (SSSR count). The summed E-state index contributed by atoms with van der Waals surface area (Å²) in [6.45, 7) is -0.194.